The summed E-state index contributed by atoms with van der Waals surface area (Å²) in [4.78, 5) is 2.53. The molecule has 1 heterocycles. The monoisotopic (exact) mass is 378 g/mol. The Kier molecular flexibility index (Phi) is 4.58. The first-order chi connectivity index (χ1) is 9.79. The molecule has 0 aromatic heterocycles. The summed E-state index contributed by atoms with van der Waals surface area (Å²) in [5.41, 5.74) is 2.64. The molecule has 2 aromatic rings. The number of likely N-dealkylation sites (tertiary alicyclic amines) is 1. The average molecular weight is 378 g/mol. The SMILES string of the molecule is Ic1cccc(NC2CCN(Cc3ccccc3)C2)c1. The van der Waals surface area contributed by atoms with Gasteiger partial charge >= 0.3 is 0 Å². The van der Waals surface area contributed by atoms with Crippen molar-refractivity contribution in [3.8, 4) is 0 Å². The Balaban J connectivity index is 1.54. The first-order valence-corrected chi connectivity index (χ1v) is 8.16. The molecular formula is C17H19IN2. The molecule has 1 atom stereocenters. The Morgan fingerprint density at radius 1 is 1.10 bits per heavy atom. The predicted molar refractivity (Wildman–Crippen MR) is 92.9 cm³/mol. The lowest BCUT2D eigenvalue weighted by Gasteiger charge is -2.17. The van der Waals surface area contributed by atoms with Gasteiger partial charge < -0.3 is 5.32 Å². The molecule has 1 fully saturated rings. The second-order valence-electron chi connectivity index (χ2n) is 5.36. The van der Waals surface area contributed by atoms with E-state index in [0.29, 0.717) is 6.04 Å². The summed E-state index contributed by atoms with van der Waals surface area (Å²) in [6, 6.07) is 19.9. The van der Waals surface area contributed by atoms with Crippen LogP contribution in [0.1, 0.15) is 12.0 Å². The maximum absolute atomic E-state index is 3.65. The quantitative estimate of drug-likeness (QED) is 0.810. The molecular weight excluding hydrogens is 359 g/mol. The molecule has 1 saturated heterocycles. The molecule has 1 unspecified atom stereocenters. The van der Waals surface area contributed by atoms with E-state index in [1.165, 1.54) is 27.8 Å². The average Bonchev–Trinajstić information content (AvgIpc) is 2.87. The molecule has 3 rings (SSSR count). The van der Waals surface area contributed by atoms with E-state index in [1.807, 2.05) is 0 Å². The molecule has 20 heavy (non-hydrogen) atoms. The third-order valence-electron chi connectivity index (χ3n) is 3.72. The van der Waals surface area contributed by atoms with E-state index in [4.69, 9.17) is 0 Å². The number of halogens is 1. The standard InChI is InChI=1S/C17H19IN2/c18-15-7-4-8-16(11-15)19-17-9-10-20(13-17)12-14-5-2-1-3-6-14/h1-8,11,17,19H,9-10,12-13H2. The zero-order valence-corrected chi connectivity index (χ0v) is 13.6. The molecule has 0 spiro atoms. The summed E-state index contributed by atoms with van der Waals surface area (Å²) >= 11 is 2.36. The minimum absolute atomic E-state index is 0.567. The molecule has 104 valence electrons. The highest BCUT2D eigenvalue weighted by Crippen LogP contribution is 2.19. The fraction of sp³-hybridized carbons (Fsp3) is 0.294. The highest BCUT2D eigenvalue weighted by molar-refractivity contribution is 14.1. The molecule has 1 aliphatic rings. The van der Waals surface area contributed by atoms with Crippen molar-refractivity contribution >= 4 is 28.3 Å². The maximum Gasteiger partial charge on any atom is 0.0400 e. The maximum atomic E-state index is 3.65. The van der Waals surface area contributed by atoms with E-state index in [-0.39, 0.29) is 0 Å². The number of rotatable bonds is 4. The van der Waals surface area contributed by atoms with Crippen LogP contribution < -0.4 is 5.32 Å². The van der Waals surface area contributed by atoms with Crippen molar-refractivity contribution in [2.24, 2.45) is 0 Å². The zero-order valence-electron chi connectivity index (χ0n) is 11.4. The lowest BCUT2D eigenvalue weighted by Crippen LogP contribution is -2.25. The van der Waals surface area contributed by atoms with E-state index < -0.39 is 0 Å². The lowest BCUT2D eigenvalue weighted by atomic mass is 10.2. The Bertz CT molecular complexity index is 556. The molecule has 0 amide bonds. The largest absolute Gasteiger partial charge is 0.381 e. The van der Waals surface area contributed by atoms with Crippen molar-refractivity contribution in [3.05, 3.63) is 63.7 Å². The molecule has 1 N–H and O–H groups in total. The van der Waals surface area contributed by atoms with E-state index in [0.717, 1.165) is 13.1 Å². The predicted octanol–water partition coefficient (Wildman–Crippen LogP) is 3.98. The van der Waals surface area contributed by atoms with Crippen molar-refractivity contribution < 1.29 is 0 Å². The van der Waals surface area contributed by atoms with Gasteiger partial charge in [-0.2, -0.15) is 0 Å². The summed E-state index contributed by atoms with van der Waals surface area (Å²) in [5, 5.41) is 3.65. The summed E-state index contributed by atoms with van der Waals surface area (Å²) in [7, 11) is 0. The summed E-state index contributed by atoms with van der Waals surface area (Å²) < 4.78 is 1.28. The van der Waals surface area contributed by atoms with Gasteiger partial charge in [0, 0.05) is 34.9 Å². The van der Waals surface area contributed by atoms with Crippen LogP contribution in [0.15, 0.2) is 54.6 Å². The number of hydrogen-bond acceptors (Lipinski definition) is 2. The topological polar surface area (TPSA) is 15.3 Å². The molecule has 0 saturated carbocycles. The molecule has 2 nitrogen and oxygen atoms in total. The van der Waals surface area contributed by atoms with Crippen LogP contribution >= 0.6 is 22.6 Å². The van der Waals surface area contributed by atoms with Gasteiger partial charge in [0.1, 0.15) is 0 Å². The van der Waals surface area contributed by atoms with Crippen molar-refractivity contribution in [3.63, 3.8) is 0 Å². The zero-order chi connectivity index (χ0) is 13.8. The van der Waals surface area contributed by atoms with Crippen LogP contribution in [-0.2, 0) is 6.54 Å². The molecule has 0 aliphatic carbocycles. The summed E-state index contributed by atoms with van der Waals surface area (Å²) in [5.74, 6) is 0. The van der Waals surface area contributed by atoms with Crippen LogP contribution in [0.5, 0.6) is 0 Å². The number of anilines is 1. The Morgan fingerprint density at radius 3 is 2.75 bits per heavy atom. The van der Waals surface area contributed by atoms with E-state index in [2.05, 4.69) is 87.4 Å². The van der Waals surface area contributed by atoms with Crippen molar-refractivity contribution in [1.82, 2.24) is 4.90 Å². The Morgan fingerprint density at radius 2 is 1.95 bits per heavy atom. The Labute approximate surface area is 134 Å². The van der Waals surface area contributed by atoms with Crippen molar-refractivity contribution in [2.75, 3.05) is 18.4 Å². The van der Waals surface area contributed by atoms with Crippen LogP contribution in [0.2, 0.25) is 0 Å². The molecule has 2 aromatic carbocycles. The van der Waals surface area contributed by atoms with Crippen molar-refractivity contribution in [2.45, 2.75) is 19.0 Å². The molecule has 1 aliphatic heterocycles. The van der Waals surface area contributed by atoms with Gasteiger partial charge in [-0.25, -0.2) is 0 Å². The summed E-state index contributed by atoms with van der Waals surface area (Å²) in [6.45, 7) is 3.36. The minimum atomic E-state index is 0.567. The third kappa shape index (κ3) is 3.73. The molecule has 3 heteroatoms. The highest BCUT2D eigenvalue weighted by Gasteiger charge is 2.22. The van der Waals surface area contributed by atoms with E-state index >= 15 is 0 Å². The van der Waals surface area contributed by atoms with E-state index in [9.17, 15) is 0 Å². The van der Waals surface area contributed by atoms with Crippen LogP contribution in [0.3, 0.4) is 0 Å². The fourth-order valence-electron chi connectivity index (χ4n) is 2.75. The van der Waals surface area contributed by atoms with Gasteiger partial charge in [-0.05, 0) is 52.8 Å². The van der Waals surface area contributed by atoms with Crippen LogP contribution in [0, 0.1) is 3.57 Å². The lowest BCUT2D eigenvalue weighted by molar-refractivity contribution is 0.328. The normalized spacial score (nSPS) is 19.1. The Hall–Kier alpha value is -1.07. The second-order valence-corrected chi connectivity index (χ2v) is 6.61. The van der Waals surface area contributed by atoms with Crippen LogP contribution in [0.4, 0.5) is 5.69 Å². The fourth-order valence-corrected chi connectivity index (χ4v) is 3.29. The van der Waals surface area contributed by atoms with Gasteiger partial charge in [-0.15, -0.1) is 0 Å². The molecule has 0 radical (unpaired) electrons. The van der Waals surface area contributed by atoms with Gasteiger partial charge in [0.05, 0.1) is 0 Å². The third-order valence-corrected chi connectivity index (χ3v) is 4.39. The smallest absolute Gasteiger partial charge is 0.0400 e. The second kappa shape index (κ2) is 6.59. The first kappa shape index (κ1) is 13.9. The van der Waals surface area contributed by atoms with Gasteiger partial charge in [-0.1, -0.05) is 36.4 Å². The number of nitrogens with zero attached hydrogens (tertiary/aromatic N) is 1. The number of benzene rings is 2. The molecule has 0 bridgehead atoms. The van der Waals surface area contributed by atoms with Gasteiger partial charge in [0.2, 0.25) is 0 Å². The minimum Gasteiger partial charge on any atom is -0.381 e. The number of hydrogen-bond donors (Lipinski definition) is 1. The number of nitrogens with one attached hydrogen (secondary N) is 1. The first-order valence-electron chi connectivity index (χ1n) is 7.08. The van der Waals surface area contributed by atoms with E-state index in [1.54, 1.807) is 0 Å². The van der Waals surface area contributed by atoms with Crippen LogP contribution in [-0.4, -0.2) is 24.0 Å². The van der Waals surface area contributed by atoms with Gasteiger partial charge in [-0.3, -0.25) is 4.90 Å². The van der Waals surface area contributed by atoms with Crippen molar-refractivity contribution in [1.29, 1.82) is 0 Å². The highest BCUT2D eigenvalue weighted by atomic mass is 127. The van der Waals surface area contributed by atoms with Gasteiger partial charge in [0.25, 0.3) is 0 Å². The van der Waals surface area contributed by atoms with Gasteiger partial charge in [0.15, 0.2) is 0 Å². The summed E-state index contributed by atoms with van der Waals surface area (Å²) in [6.07, 6.45) is 1.22. The van der Waals surface area contributed by atoms with Crippen LogP contribution in [0.25, 0.3) is 0 Å².